The van der Waals surface area contributed by atoms with E-state index in [2.05, 4.69) is 21.2 Å². The number of carbonyl (C=O) groups excluding carboxylic acids is 1. The topological polar surface area (TPSA) is 38.3 Å². The van der Waals surface area contributed by atoms with Crippen LogP contribution >= 0.6 is 63.1 Å². The van der Waals surface area contributed by atoms with Crippen molar-refractivity contribution in [3.05, 3.63) is 66.9 Å². The first-order valence-electron chi connectivity index (χ1n) is 7.03. The van der Waals surface area contributed by atoms with Crippen LogP contribution in [0.15, 0.2) is 45.8 Å². The van der Waals surface area contributed by atoms with Crippen molar-refractivity contribution in [1.29, 1.82) is 0 Å². The molecule has 0 saturated carbocycles. The minimum Gasteiger partial charge on any atom is -0.488 e. The second-order valence-electron chi connectivity index (χ2n) is 5.06. The van der Waals surface area contributed by atoms with Gasteiger partial charge in [-0.3, -0.25) is 4.79 Å². The molecule has 0 spiro atoms. The predicted octanol–water partition coefficient (Wildman–Crippen LogP) is 5.82. The van der Waals surface area contributed by atoms with Crippen molar-refractivity contribution in [3.63, 3.8) is 0 Å². The quantitative estimate of drug-likeness (QED) is 0.447. The van der Waals surface area contributed by atoms with Crippen LogP contribution in [0.2, 0.25) is 10.0 Å². The van der Waals surface area contributed by atoms with Crippen molar-refractivity contribution in [1.82, 2.24) is 5.32 Å². The number of halogens is 3. The molecule has 3 rings (SSSR count). The molecule has 1 heterocycles. The Bertz CT molecular complexity index is 902. The lowest BCUT2D eigenvalue weighted by Crippen LogP contribution is -2.17. The normalized spacial score (nSPS) is 15.6. The van der Waals surface area contributed by atoms with E-state index >= 15 is 0 Å². The molecule has 1 amide bonds. The van der Waals surface area contributed by atoms with Crippen LogP contribution in [0.3, 0.4) is 0 Å². The van der Waals surface area contributed by atoms with Gasteiger partial charge < -0.3 is 10.1 Å². The molecule has 1 fully saturated rings. The Morgan fingerprint density at radius 2 is 2.04 bits per heavy atom. The van der Waals surface area contributed by atoms with Crippen LogP contribution in [-0.2, 0) is 11.4 Å². The molecule has 2 aromatic rings. The van der Waals surface area contributed by atoms with Crippen LogP contribution in [0.4, 0.5) is 0 Å². The number of benzene rings is 2. The van der Waals surface area contributed by atoms with Crippen LogP contribution in [-0.4, -0.2) is 10.2 Å². The lowest BCUT2D eigenvalue weighted by Gasteiger charge is -2.11. The molecule has 1 aliphatic rings. The molecule has 0 aromatic heterocycles. The predicted molar refractivity (Wildman–Crippen MR) is 111 cm³/mol. The summed E-state index contributed by atoms with van der Waals surface area (Å²) in [5.74, 6) is 0.426. The standard InChI is InChI=1S/C17H10BrCl2NO2S2/c18-11-2-4-14(23-8-9-1-3-12(19)7-13(9)20)10(5-11)6-15-16(22)21-17(24)25-15/h1-7H,8H2,(H,21,22,24)/b15-6-. The summed E-state index contributed by atoms with van der Waals surface area (Å²) in [7, 11) is 0. The number of amides is 1. The highest BCUT2D eigenvalue weighted by atomic mass is 79.9. The molecule has 1 N–H and O–H groups in total. The maximum absolute atomic E-state index is 11.9. The largest absolute Gasteiger partial charge is 0.488 e. The fourth-order valence-electron chi connectivity index (χ4n) is 2.12. The first kappa shape index (κ1) is 18.7. The molecule has 25 heavy (non-hydrogen) atoms. The maximum atomic E-state index is 11.9. The number of thioether (sulfide) groups is 1. The number of hydrogen-bond acceptors (Lipinski definition) is 4. The van der Waals surface area contributed by atoms with E-state index in [4.69, 9.17) is 40.2 Å². The highest BCUT2D eigenvalue weighted by Crippen LogP contribution is 2.32. The summed E-state index contributed by atoms with van der Waals surface area (Å²) in [6.07, 6.45) is 1.75. The Morgan fingerprint density at radius 3 is 2.72 bits per heavy atom. The van der Waals surface area contributed by atoms with Crippen LogP contribution in [0.5, 0.6) is 5.75 Å². The summed E-state index contributed by atoms with van der Waals surface area (Å²) in [5.41, 5.74) is 1.59. The number of ether oxygens (including phenoxy) is 1. The lowest BCUT2D eigenvalue weighted by atomic mass is 10.2. The second-order valence-corrected chi connectivity index (χ2v) is 8.54. The van der Waals surface area contributed by atoms with E-state index in [1.807, 2.05) is 24.3 Å². The molecule has 8 heteroatoms. The number of thiocarbonyl (C=S) groups is 1. The fourth-order valence-corrected chi connectivity index (χ4v) is 4.00. The zero-order valence-corrected chi connectivity index (χ0v) is 17.2. The van der Waals surface area contributed by atoms with Crippen molar-refractivity contribution in [2.45, 2.75) is 6.61 Å². The van der Waals surface area contributed by atoms with Gasteiger partial charge in [0.25, 0.3) is 5.91 Å². The molecular formula is C17H10BrCl2NO2S2. The van der Waals surface area contributed by atoms with Crippen molar-refractivity contribution in [2.75, 3.05) is 0 Å². The van der Waals surface area contributed by atoms with Crippen molar-refractivity contribution in [2.24, 2.45) is 0 Å². The molecule has 0 aliphatic carbocycles. The van der Waals surface area contributed by atoms with Crippen molar-refractivity contribution >= 4 is 79.4 Å². The molecule has 1 saturated heterocycles. The molecule has 0 unspecified atom stereocenters. The monoisotopic (exact) mass is 473 g/mol. The zero-order chi connectivity index (χ0) is 18.0. The summed E-state index contributed by atoms with van der Waals surface area (Å²) >= 11 is 21.8. The smallest absolute Gasteiger partial charge is 0.263 e. The van der Waals surface area contributed by atoms with Gasteiger partial charge in [-0.25, -0.2) is 0 Å². The molecular weight excluding hydrogens is 465 g/mol. The SMILES string of the molecule is O=C1NC(=S)S/C1=C\c1cc(Br)ccc1OCc1ccc(Cl)cc1Cl. The lowest BCUT2D eigenvalue weighted by molar-refractivity contribution is -0.115. The van der Waals surface area contributed by atoms with Crippen molar-refractivity contribution in [3.8, 4) is 5.75 Å². The number of rotatable bonds is 4. The highest BCUT2D eigenvalue weighted by Gasteiger charge is 2.22. The molecule has 0 radical (unpaired) electrons. The van der Waals surface area contributed by atoms with E-state index in [9.17, 15) is 4.79 Å². The number of hydrogen-bond donors (Lipinski definition) is 1. The molecule has 3 nitrogen and oxygen atoms in total. The Balaban J connectivity index is 1.85. The van der Waals surface area contributed by atoms with Gasteiger partial charge in [-0.15, -0.1) is 0 Å². The second kappa shape index (κ2) is 8.10. The van der Waals surface area contributed by atoms with Gasteiger partial charge in [0.05, 0.1) is 4.91 Å². The summed E-state index contributed by atoms with van der Waals surface area (Å²) in [5, 5.41) is 3.71. The minimum absolute atomic E-state index is 0.207. The van der Waals surface area contributed by atoms with Gasteiger partial charge in [-0.2, -0.15) is 0 Å². The molecule has 128 valence electrons. The van der Waals surface area contributed by atoms with Crippen molar-refractivity contribution < 1.29 is 9.53 Å². The Kier molecular flexibility index (Phi) is 6.07. The third-order valence-electron chi connectivity index (χ3n) is 3.30. The minimum atomic E-state index is -0.207. The van der Waals surface area contributed by atoms with E-state index < -0.39 is 0 Å². The van der Waals surface area contributed by atoms with Gasteiger partial charge in [0, 0.05) is 25.6 Å². The van der Waals surface area contributed by atoms with E-state index in [0.717, 1.165) is 15.6 Å². The molecule has 0 bridgehead atoms. The third kappa shape index (κ3) is 4.77. The highest BCUT2D eigenvalue weighted by molar-refractivity contribution is 9.10. The Labute approximate surface area is 172 Å². The summed E-state index contributed by atoms with van der Waals surface area (Å²) in [6.45, 7) is 0.283. The van der Waals surface area contributed by atoms with Crippen LogP contribution in [0.1, 0.15) is 11.1 Å². The van der Waals surface area contributed by atoms with E-state index in [-0.39, 0.29) is 12.5 Å². The first-order chi connectivity index (χ1) is 11.9. The van der Waals surface area contributed by atoms with Crippen LogP contribution < -0.4 is 10.1 Å². The van der Waals surface area contributed by atoms with E-state index in [1.54, 1.807) is 18.2 Å². The Morgan fingerprint density at radius 1 is 1.24 bits per heavy atom. The first-order valence-corrected chi connectivity index (χ1v) is 9.81. The molecule has 0 atom stereocenters. The van der Waals surface area contributed by atoms with Gasteiger partial charge in [-0.05, 0) is 36.4 Å². The fraction of sp³-hybridized carbons (Fsp3) is 0.0588. The van der Waals surface area contributed by atoms with Gasteiger partial charge in [0.15, 0.2) is 0 Å². The van der Waals surface area contributed by atoms with Gasteiger partial charge >= 0.3 is 0 Å². The van der Waals surface area contributed by atoms with E-state index in [1.165, 1.54) is 11.8 Å². The average Bonchev–Trinajstić information content (AvgIpc) is 2.85. The molecule has 2 aromatic carbocycles. The number of nitrogens with one attached hydrogen (secondary N) is 1. The summed E-state index contributed by atoms with van der Waals surface area (Å²) in [4.78, 5) is 12.4. The Hall–Kier alpha value is -1.05. The van der Waals surface area contributed by atoms with Gasteiger partial charge in [0.2, 0.25) is 0 Å². The third-order valence-corrected chi connectivity index (χ3v) is 5.54. The zero-order valence-electron chi connectivity index (χ0n) is 12.5. The molecule has 1 aliphatic heterocycles. The van der Waals surface area contributed by atoms with Crippen LogP contribution in [0, 0.1) is 0 Å². The number of carbonyl (C=O) groups is 1. The van der Waals surface area contributed by atoms with Gasteiger partial charge in [0.1, 0.15) is 16.7 Å². The van der Waals surface area contributed by atoms with Gasteiger partial charge in [-0.1, -0.05) is 69.2 Å². The average molecular weight is 475 g/mol. The maximum Gasteiger partial charge on any atom is 0.263 e. The summed E-state index contributed by atoms with van der Waals surface area (Å²) < 4.78 is 7.23. The van der Waals surface area contributed by atoms with E-state index in [0.29, 0.717) is 25.0 Å². The summed E-state index contributed by atoms with van der Waals surface area (Å²) in [6, 6.07) is 10.8. The van der Waals surface area contributed by atoms with Crippen LogP contribution in [0.25, 0.3) is 6.08 Å².